The Bertz CT molecular complexity index is 64.6. The SMILES string of the molecule is C=CCN.N#CS. The molecule has 2 nitrogen and oxygen atoms in total. The average Bonchev–Trinajstić information content (AvgIpc) is 1.69. The summed E-state index contributed by atoms with van der Waals surface area (Å²) in [5, 5.41) is 8.63. The molecule has 7 heavy (non-hydrogen) atoms. The molecule has 0 atom stereocenters. The van der Waals surface area contributed by atoms with Gasteiger partial charge in [0.2, 0.25) is 0 Å². The van der Waals surface area contributed by atoms with Gasteiger partial charge >= 0.3 is 0 Å². The fourth-order valence-corrected chi connectivity index (χ4v) is 0. The number of nitrogens with zero attached hydrogens (tertiary/aromatic N) is 1. The van der Waals surface area contributed by atoms with Crippen LogP contribution in [0.5, 0.6) is 0 Å². The van der Waals surface area contributed by atoms with Gasteiger partial charge in [0.1, 0.15) is 5.40 Å². The Morgan fingerprint density at radius 2 is 2.14 bits per heavy atom. The van der Waals surface area contributed by atoms with Crippen LogP contribution in [-0.4, -0.2) is 6.54 Å². The molecule has 0 rings (SSSR count). The minimum Gasteiger partial charge on any atom is -0.327 e. The van der Waals surface area contributed by atoms with Crippen LogP contribution in [0, 0.1) is 10.7 Å². The van der Waals surface area contributed by atoms with Crippen molar-refractivity contribution >= 4 is 12.6 Å². The zero-order chi connectivity index (χ0) is 6.12. The summed E-state index contributed by atoms with van der Waals surface area (Å²) in [5.41, 5.74) is 4.91. The number of thiol groups is 1. The highest BCUT2D eigenvalue weighted by atomic mass is 32.1. The van der Waals surface area contributed by atoms with Gasteiger partial charge in [0.15, 0.2) is 0 Å². The van der Waals surface area contributed by atoms with Crippen LogP contribution in [0.15, 0.2) is 12.7 Å². The van der Waals surface area contributed by atoms with Gasteiger partial charge in [0.05, 0.1) is 0 Å². The summed E-state index contributed by atoms with van der Waals surface area (Å²) in [4.78, 5) is 0. The van der Waals surface area contributed by atoms with Crippen molar-refractivity contribution in [3.63, 3.8) is 0 Å². The standard InChI is InChI=1S/C3H7N.CHNS/c1-2-3-4;2-1-3/h2H,1,3-4H2;3H. The maximum absolute atomic E-state index is 7.18. The largest absolute Gasteiger partial charge is 0.327 e. The predicted molar refractivity (Wildman–Crippen MR) is 33.9 cm³/mol. The fraction of sp³-hybridized carbons (Fsp3) is 0.250. The normalized spacial score (nSPS) is 4.71. The second-order valence-corrected chi connectivity index (χ2v) is 0.824. The van der Waals surface area contributed by atoms with Crippen LogP contribution >= 0.6 is 12.6 Å². The van der Waals surface area contributed by atoms with Crippen LogP contribution in [0.2, 0.25) is 0 Å². The molecule has 3 heteroatoms. The first kappa shape index (κ1) is 9.74. The van der Waals surface area contributed by atoms with Gasteiger partial charge in [-0.1, -0.05) is 18.7 Å². The van der Waals surface area contributed by atoms with Crippen LogP contribution in [0.3, 0.4) is 0 Å². The Kier molecular flexibility index (Phi) is 24.6. The molecule has 0 unspecified atom stereocenters. The van der Waals surface area contributed by atoms with E-state index in [4.69, 9.17) is 11.0 Å². The first-order valence-electron chi connectivity index (χ1n) is 1.67. The van der Waals surface area contributed by atoms with Gasteiger partial charge in [0, 0.05) is 6.54 Å². The molecule has 0 radical (unpaired) electrons. The van der Waals surface area contributed by atoms with Crippen LogP contribution < -0.4 is 5.73 Å². The second-order valence-electron chi connectivity index (χ2n) is 0.624. The highest BCUT2D eigenvalue weighted by Gasteiger charge is 1.43. The van der Waals surface area contributed by atoms with Crippen molar-refractivity contribution in [1.29, 1.82) is 5.26 Å². The highest BCUT2D eigenvalue weighted by molar-refractivity contribution is 7.85. The first-order chi connectivity index (χ1) is 3.33. The minimum atomic E-state index is 0.583. The third-order valence-electron chi connectivity index (χ3n) is 0.167. The summed E-state index contributed by atoms with van der Waals surface area (Å²) < 4.78 is 0. The molecule has 0 amide bonds. The van der Waals surface area contributed by atoms with Gasteiger partial charge in [-0.3, -0.25) is 0 Å². The van der Waals surface area contributed by atoms with E-state index in [0.717, 1.165) is 0 Å². The van der Waals surface area contributed by atoms with Gasteiger partial charge < -0.3 is 5.73 Å². The summed E-state index contributed by atoms with van der Waals surface area (Å²) in [5.74, 6) is 0. The Hall–Kier alpha value is -0.460. The van der Waals surface area contributed by atoms with Gasteiger partial charge in [-0.15, -0.1) is 6.58 Å². The molecular formula is C4H8N2S. The van der Waals surface area contributed by atoms with Crippen molar-refractivity contribution in [1.82, 2.24) is 0 Å². The van der Waals surface area contributed by atoms with Crippen molar-refractivity contribution in [2.45, 2.75) is 0 Å². The Morgan fingerprint density at radius 1 is 2.00 bits per heavy atom. The van der Waals surface area contributed by atoms with Gasteiger partial charge in [-0.25, -0.2) is 0 Å². The van der Waals surface area contributed by atoms with E-state index in [9.17, 15) is 0 Å². The van der Waals surface area contributed by atoms with E-state index in [2.05, 4.69) is 19.2 Å². The molecule has 0 aromatic heterocycles. The van der Waals surface area contributed by atoms with Crippen molar-refractivity contribution in [3.8, 4) is 5.40 Å². The van der Waals surface area contributed by atoms with Crippen LogP contribution in [0.1, 0.15) is 0 Å². The Morgan fingerprint density at radius 3 is 2.14 bits per heavy atom. The number of thiocyanates is 1. The third kappa shape index (κ3) is 238. The summed E-state index contributed by atoms with van der Waals surface area (Å²) in [6.07, 6.45) is 1.65. The topological polar surface area (TPSA) is 49.8 Å². The predicted octanol–water partition coefficient (Wildman–Crippen LogP) is 0.528. The highest BCUT2D eigenvalue weighted by Crippen LogP contribution is 1.46. The second kappa shape index (κ2) is 17.7. The number of rotatable bonds is 1. The lowest BCUT2D eigenvalue weighted by atomic mass is 10.7. The molecule has 0 aliphatic heterocycles. The zero-order valence-corrected chi connectivity index (χ0v) is 4.86. The molecule has 0 bridgehead atoms. The third-order valence-corrected chi connectivity index (χ3v) is 0.167. The number of nitrogens with two attached hydrogens (primary N) is 1. The lowest BCUT2D eigenvalue weighted by molar-refractivity contribution is 1.26. The van der Waals surface area contributed by atoms with E-state index in [1.165, 1.54) is 5.40 Å². The lowest BCUT2D eigenvalue weighted by Crippen LogP contribution is -1.90. The average molecular weight is 116 g/mol. The summed E-state index contributed by atoms with van der Waals surface area (Å²) in [7, 11) is 0. The van der Waals surface area contributed by atoms with E-state index in [1.807, 2.05) is 0 Å². The molecular weight excluding hydrogens is 108 g/mol. The summed E-state index contributed by atoms with van der Waals surface area (Å²) in [6.45, 7) is 3.94. The monoisotopic (exact) mass is 116 g/mol. The van der Waals surface area contributed by atoms with E-state index in [-0.39, 0.29) is 0 Å². The molecule has 40 valence electrons. The first-order valence-corrected chi connectivity index (χ1v) is 2.12. The van der Waals surface area contributed by atoms with E-state index in [1.54, 1.807) is 6.08 Å². The quantitative estimate of drug-likeness (QED) is 0.298. The molecule has 0 spiro atoms. The van der Waals surface area contributed by atoms with Gasteiger partial charge in [0.25, 0.3) is 0 Å². The Balaban J connectivity index is 0. The maximum Gasteiger partial charge on any atom is 0.130 e. The minimum absolute atomic E-state index is 0.583. The summed E-state index contributed by atoms with van der Waals surface area (Å²) in [6, 6.07) is 0. The van der Waals surface area contributed by atoms with E-state index in [0.29, 0.717) is 6.54 Å². The fourth-order valence-electron chi connectivity index (χ4n) is 0. The van der Waals surface area contributed by atoms with Gasteiger partial charge in [-0.2, -0.15) is 5.26 Å². The molecule has 0 aliphatic carbocycles. The van der Waals surface area contributed by atoms with Crippen molar-refractivity contribution in [2.75, 3.05) is 6.54 Å². The van der Waals surface area contributed by atoms with E-state index < -0.39 is 0 Å². The smallest absolute Gasteiger partial charge is 0.130 e. The van der Waals surface area contributed by atoms with Crippen molar-refractivity contribution in [2.24, 2.45) is 5.73 Å². The van der Waals surface area contributed by atoms with Gasteiger partial charge in [-0.05, 0) is 0 Å². The van der Waals surface area contributed by atoms with Crippen LogP contribution in [0.4, 0.5) is 0 Å². The molecule has 0 fully saturated rings. The molecule has 0 saturated heterocycles. The maximum atomic E-state index is 7.18. The molecule has 0 aromatic carbocycles. The van der Waals surface area contributed by atoms with Crippen LogP contribution in [-0.2, 0) is 0 Å². The van der Waals surface area contributed by atoms with Crippen LogP contribution in [0.25, 0.3) is 0 Å². The molecule has 0 saturated carbocycles. The lowest BCUT2D eigenvalue weighted by Gasteiger charge is -1.61. The summed E-state index contributed by atoms with van der Waals surface area (Å²) >= 11 is 3.09. The molecule has 0 aromatic rings. The number of nitriles is 1. The van der Waals surface area contributed by atoms with Crippen molar-refractivity contribution in [3.05, 3.63) is 12.7 Å². The zero-order valence-electron chi connectivity index (χ0n) is 3.96. The Labute approximate surface area is 49.0 Å². The molecule has 2 N–H and O–H groups in total. The number of hydrogen-bond acceptors (Lipinski definition) is 3. The van der Waals surface area contributed by atoms with E-state index >= 15 is 0 Å². The number of hydrogen-bond donors (Lipinski definition) is 2. The van der Waals surface area contributed by atoms with Crippen molar-refractivity contribution < 1.29 is 0 Å². The molecule has 0 heterocycles. The molecule has 0 aliphatic rings.